The van der Waals surface area contributed by atoms with Gasteiger partial charge in [0.05, 0.1) is 10.6 Å². The van der Waals surface area contributed by atoms with E-state index in [1.807, 2.05) is 51.1 Å². The third-order valence-corrected chi connectivity index (χ3v) is 10.2. The Bertz CT molecular complexity index is 1740. The maximum Gasteiger partial charge on any atom is 0.264 e. The van der Waals surface area contributed by atoms with Gasteiger partial charge in [-0.2, -0.15) is 0 Å². The molecule has 1 N–H and O–H groups in total. The fourth-order valence-electron chi connectivity index (χ4n) is 4.82. The molecule has 242 valence electrons. The van der Waals surface area contributed by atoms with E-state index in [0.29, 0.717) is 12.0 Å². The Hall–Kier alpha value is -3.92. The lowest BCUT2D eigenvalue weighted by atomic mass is 10.0. The summed E-state index contributed by atoms with van der Waals surface area (Å²) in [7, 11) is -4.32. The number of hydrogen-bond acceptors (Lipinski definition) is 4. The smallest absolute Gasteiger partial charge is 0.264 e. The first-order chi connectivity index (χ1) is 21.9. The van der Waals surface area contributed by atoms with Crippen LogP contribution in [0.2, 0.25) is 10.0 Å². The van der Waals surface area contributed by atoms with Gasteiger partial charge >= 0.3 is 0 Å². The molecule has 0 heterocycles. The number of nitrogens with one attached hydrogen (secondary N) is 1. The Morgan fingerprint density at radius 2 is 1.48 bits per heavy atom. The van der Waals surface area contributed by atoms with Crippen LogP contribution in [0.5, 0.6) is 0 Å². The SMILES string of the molecule is CC[C@H](C)NC(=O)[C@H](Cc1ccccc1)N(Cc1c(Cl)cccc1Cl)C(=O)CN(c1ccc(F)cc1)S(=O)(=O)c1ccc(C)cc1. The van der Waals surface area contributed by atoms with E-state index in [1.54, 1.807) is 30.3 Å². The van der Waals surface area contributed by atoms with Gasteiger partial charge in [-0.3, -0.25) is 13.9 Å². The van der Waals surface area contributed by atoms with Crippen LogP contribution in [-0.2, 0) is 32.6 Å². The molecule has 2 atom stereocenters. The van der Waals surface area contributed by atoms with E-state index >= 15 is 0 Å². The third kappa shape index (κ3) is 8.66. The number of halogens is 3. The lowest BCUT2D eigenvalue weighted by Crippen LogP contribution is -2.54. The summed E-state index contributed by atoms with van der Waals surface area (Å²) in [5, 5.41) is 3.55. The molecule has 7 nitrogen and oxygen atoms in total. The van der Waals surface area contributed by atoms with Crippen LogP contribution >= 0.6 is 23.2 Å². The van der Waals surface area contributed by atoms with Gasteiger partial charge in [0.15, 0.2) is 0 Å². The van der Waals surface area contributed by atoms with Crippen LogP contribution in [0.1, 0.15) is 37.0 Å². The molecule has 0 aliphatic rings. The molecule has 0 unspecified atom stereocenters. The molecule has 0 aliphatic carbocycles. The second-order valence-corrected chi connectivity index (χ2v) is 13.7. The molecule has 4 rings (SSSR count). The van der Waals surface area contributed by atoms with Gasteiger partial charge in [-0.15, -0.1) is 0 Å². The lowest BCUT2D eigenvalue weighted by molar-refractivity contribution is -0.140. The van der Waals surface area contributed by atoms with Gasteiger partial charge in [0, 0.05) is 34.6 Å². The van der Waals surface area contributed by atoms with Crippen molar-refractivity contribution in [3.8, 4) is 0 Å². The van der Waals surface area contributed by atoms with E-state index in [0.717, 1.165) is 27.6 Å². The molecule has 4 aromatic rings. The van der Waals surface area contributed by atoms with Crippen LogP contribution in [0.4, 0.5) is 10.1 Å². The number of nitrogens with zero attached hydrogens (tertiary/aromatic N) is 2. The summed E-state index contributed by atoms with van der Waals surface area (Å²) in [6.45, 7) is 4.75. The molecule has 0 saturated carbocycles. The fourth-order valence-corrected chi connectivity index (χ4v) is 6.75. The number of benzene rings is 4. The van der Waals surface area contributed by atoms with Gasteiger partial charge in [0.2, 0.25) is 11.8 Å². The van der Waals surface area contributed by atoms with Crippen LogP contribution in [0, 0.1) is 12.7 Å². The van der Waals surface area contributed by atoms with Crippen molar-refractivity contribution in [2.24, 2.45) is 0 Å². The van der Waals surface area contributed by atoms with Crippen molar-refractivity contribution in [1.82, 2.24) is 10.2 Å². The van der Waals surface area contributed by atoms with Crippen LogP contribution in [0.25, 0.3) is 0 Å². The predicted octanol–water partition coefficient (Wildman–Crippen LogP) is 7.19. The number of carbonyl (C=O) groups excluding carboxylic acids is 2. The Labute approximate surface area is 280 Å². The first kappa shape index (κ1) is 34.9. The van der Waals surface area contributed by atoms with Crippen molar-refractivity contribution in [3.63, 3.8) is 0 Å². The van der Waals surface area contributed by atoms with E-state index < -0.39 is 40.2 Å². The van der Waals surface area contributed by atoms with Crippen molar-refractivity contribution >= 4 is 50.7 Å². The van der Waals surface area contributed by atoms with Gasteiger partial charge in [0.25, 0.3) is 10.0 Å². The van der Waals surface area contributed by atoms with Crippen molar-refractivity contribution in [2.75, 3.05) is 10.8 Å². The summed E-state index contributed by atoms with van der Waals surface area (Å²) in [5.41, 5.74) is 2.12. The van der Waals surface area contributed by atoms with Crippen LogP contribution in [0.3, 0.4) is 0 Å². The zero-order chi connectivity index (χ0) is 33.4. The van der Waals surface area contributed by atoms with Crippen molar-refractivity contribution < 1.29 is 22.4 Å². The van der Waals surface area contributed by atoms with E-state index in [2.05, 4.69) is 5.32 Å². The van der Waals surface area contributed by atoms with Gasteiger partial charge in [-0.1, -0.05) is 84.2 Å². The summed E-state index contributed by atoms with van der Waals surface area (Å²) >= 11 is 13.1. The number of aryl methyl sites for hydroxylation is 1. The minimum Gasteiger partial charge on any atom is -0.352 e. The molecule has 2 amide bonds. The zero-order valence-electron chi connectivity index (χ0n) is 25.8. The highest BCUT2D eigenvalue weighted by molar-refractivity contribution is 7.92. The number of sulfonamides is 1. The minimum absolute atomic E-state index is 0.0497. The number of carbonyl (C=O) groups is 2. The number of amides is 2. The molecule has 0 aromatic heterocycles. The molecule has 0 aliphatic heterocycles. The Kier molecular flexibility index (Phi) is 11.8. The third-order valence-electron chi connectivity index (χ3n) is 7.66. The van der Waals surface area contributed by atoms with Crippen molar-refractivity contribution in [3.05, 3.63) is 130 Å². The molecule has 11 heteroatoms. The molecule has 0 radical (unpaired) electrons. The Morgan fingerprint density at radius 3 is 2.07 bits per heavy atom. The average Bonchev–Trinajstić information content (AvgIpc) is 3.03. The second kappa shape index (κ2) is 15.6. The van der Waals surface area contributed by atoms with Gasteiger partial charge in [-0.05, 0) is 74.4 Å². The second-order valence-electron chi connectivity index (χ2n) is 11.0. The molecule has 46 heavy (non-hydrogen) atoms. The van der Waals surface area contributed by atoms with Gasteiger partial charge < -0.3 is 10.2 Å². The Morgan fingerprint density at radius 1 is 0.870 bits per heavy atom. The molecule has 0 fully saturated rings. The number of hydrogen-bond donors (Lipinski definition) is 1. The maximum absolute atomic E-state index is 14.5. The van der Waals surface area contributed by atoms with E-state index in [-0.39, 0.29) is 39.6 Å². The lowest BCUT2D eigenvalue weighted by Gasteiger charge is -2.34. The van der Waals surface area contributed by atoms with Crippen LogP contribution in [0.15, 0.2) is 102 Å². The topological polar surface area (TPSA) is 86.8 Å². The van der Waals surface area contributed by atoms with E-state index in [4.69, 9.17) is 23.2 Å². The minimum atomic E-state index is -4.32. The number of anilines is 1. The first-order valence-electron chi connectivity index (χ1n) is 14.8. The van der Waals surface area contributed by atoms with E-state index in [1.165, 1.54) is 29.2 Å². The first-order valence-corrected chi connectivity index (χ1v) is 17.0. The normalized spacial score (nSPS) is 12.7. The summed E-state index contributed by atoms with van der Waals surface area (Å²) in [6, 6.07) is 23.9. The Balaban J connectivity index is 1.84. The summed E-state index contributed by atoms with van der Waals surface area (Å²) in [4.78, 5) is 29.7. The van der Waals surface area contributed by atoms with E-state index in [9.17, 15) is 22.4 Å². The molecule has 0 spiro atoms. The largest absolute Gasteiger partial charge is 0.352 e. The highest BCUT2D eigenvalue weighted by atomic mass is 35.5. The summed E-state index contributed by atoms with van der Waals surface area (Å²) < 4.78 is 43.0. The standard InChI is InChI=1S/C35H36Cl2FN3O4S/c1-4-25(3)39-35(43)33(21-26-9-6-5-7-10-26)40(22-30-31(36)11-8-12-32(30)37)34(42)23-41(28-17-15-27(38)16-18-28)46(44,45)29-19-13-24(2)14-20-29/h5-20,25,33H,4,21-23H2,1-3H3,(H,39,43)/t25-,33-/m0/s1. The molecule has 0 saturated heterocycles. The highest BCUT2D eigenvalue weighted by Gasteiger charge is 2.35. The maximum atomic E-state index is 14.5. The van der Waals surface area contributed by atoms with Gasteiger partial charge in [0.1, 0.15) is 18.4 Å². The predicted molar refractivity (Wildman–Crippen MR) is 181 cm³/mol. The fraction of sp³-hybridized carbons (Fsp3) is 0.257. The van der Waals surface area contributed by atoms with Crippen molar-refractivity contribution in [1.29, 1.82) is 0 Å². The van der Waals surface area contributed by atoms with Crippen LogP contribution in [-0.4, -0.2) is 43.8 Å². The van der Waals surface area contributed by atoms with Crippen LogP contribution < -0.4 is 9.62 Å². The average molecular weight is 685 g/mol. The zero-order valence-corrected chi connectivity index (χ0v) is 28.1. The molecule has 4 aromatic carbocycles. The summed E-state index contributed by atoms with van der Waals surface area (Å²) in [6.07, 6.45) is 0.791. The summed E-state index contributed by atoms with van der Waals surface area (Å²) in [5.74, 6) is -1.66. The molecular formula is C35H36Cl2FN3O4S. The van der Waals surface area contributed by atoms with Gasteiger partial charge in [-0.25, -0.2) is 12.8 Å². The number of rotatable bonds is 13. The monoisotopic (exact) mass is 683 g/mol. The molecular weight excluding hydrogens is 648 g/mol. The quantitative estimate of drug-likeness (QED) is 0.162. The van der Waals surface area contributed by atoms with Crippen molar-refractivity contribution in [2.45, 2.75) is 57.1 Å². The molecule has 0 bridgehead atoms. The highest BCUT2D eigenvalue weighted by Crippen LogP contribution is 2.29.